The molecule has 0 radical (unpaired) electrons. The molecule has 178 valence electrons. The highest BCUT2D eigenvalue weighted by molar-refractivity contribution is 7.99. The summed E-state index contributed by atoms with van der Waals surface area (Å²) in [6, 6.07) is 35.1. The first-order chi connectivity index (χ1) is 17.2. The average Bonchev–Trinajstić information content (AvgIpc) is 3.36. The van der Waals surface area contributed by atoms with Gasteiger partial charge < -0.3 is 4.90 Å². The van der Waals surface area contributed by atoms with Crippen molar-refractivity contribution in [2.24, 2.45) is 0 Å². The van der Waals surface area contributed by atoms with E-state index in [2.05, 4.69) is 71.5 Å². The Balaban J connectivity index is 1.32. The topological polar surface area (TPSA) is 49.4 Å². The molecule has 0 aliphatic heterocycles. The summed E-state index contributed by atoms with van der Waals surface area (Å²) in [5.74, 6) is -0.159. The fraction of sp³-hybridized carbons (Fsp3) is 0.172. The predicted molar refractivity (Wildman–Crippen MR) is 144 cm³/mol. The number of nitrogens with zero attached hydrogens (tertiary/aromatic N) is 1. The highest BCUT2D eigenvalue weighted by Gasteiger charge is 2.16. The average molecular weight is 501 g/mol. The lowest BCUT2D eigenvalue weighted by molar-refractivity contribution is -0.139. The van der Waals surface area contributed by atoms with Crippen LogP contribution in [0.25, 0.3) is 0 Å². The maximum atomic E-state index is 12.2. The van der Waals surface area contributed by atoms with Crippen LogP contribution >= 0.6 is 23.3 Å². The number of nitrogens with one attached hydrogen (secondary N) is 1. The van der Waals surface area contributed by atoms with E-state index in [1.807, 2.05) is 36.4 Å². The molecule has 4 rings (SSSR count). The van der Waals surface area contributed by atoms with E-state index >= 15 is 0 Å². The standard InChI is InChI=1S/C29H28N2O2S2/c32-22-28(33)31(20-23-10-4-1-5-11-23)21-26-16-17-29(34-26)35-30-19-18-27(24-12-6-2-7-13-24)25-14-8-3-9-15-25/h1-17,22,27,30H,18-21H2. The summed E-state index contributed by atoms with van der Waals surface area (Å²) in [5, 5.41) is 0. The molecule has 6 heteroatoms. The fourth-order valence-electron chi connectivity index (χ4n) is 4.00. The van der Waals surface area contributed by atoms with Crippen molar-refractivity contribution in [1.29, 1.82) is 0 Å². The minimum atomic E-state index is -0.498. The Morgan fingerprint density at radius 1 is 0.829 bits per heavy atom. The van der Waals surface area contributed by atoms with E-state index in [1.54, 1.807) is 28.2 Å². The lowest BCUT2D eigenvalue weighted by Crippen LogP contribution is -2.30. The van der Waals surface area contributed by atoms with Crippen molar-refractivity contribution in [3.63, 3.8) is 0 Å². The maximum absolute atomic E-state index is 12.2. The van der Waals surface area contributed by atoms with E-state index in [-0.39, 0.29) is 0 Å². The number of hydrogen-bond donors (Lipinski definition) is 1. The van der Waals surface area contributed by atoms with Crippen molar-refractivity contribution < 1.29 is 9.59 Å². The van der Waals surface area contributed by atoms with Gasteiger partial charge in [0.25, 0.3) is 5.91 Å². The van der Waals surface area contributed by atoms with Gasteiger partial charge in [0.1, 0.15) is 0 Å². The van der Waals surface area contributed by atoms with Crippen LogP contribution in [0.3, 0.4) is 0 Å². The van der Waals surface area contributed by atoms with Crippen molar-refractivity contribution in [2.45, 2.75) is 29.6 Å². The third-order valence-corrected chi connectivity index (χ3v) is 7.77. The molecule has 0 aliphatic carbocycles. The molecule has 1 aromatic heterocycles. The van der Waals surface area contributed by atoms with Crippen LogP contribution in [0.2, 0.25) is 0 Å². The van der Waals surface area contributed by atoms with Gasteiger partial charge in [-0.15, -0.1) is 11.3 Å². The first kappa shape index (κ1) is 24.9. The van der Waals surface area contributed by atoms with Crippen LogP contribution in [0.4, 0.5) is 0 Å². The number of carbonyl (C=O) groups is 2. The molecule has 0 fully saturated rings. The Kier molecular flexibility index (Phi) is 9.29. The summed E-state index contributed by atoms with van der Waals surface area (Å²) in [4.78, 5) is 26.0. The number of thiophene rings is 1. The molecule has 0 spiro atoms. The Labute approximate surface area is 215 Å². The van der Waals surface area contributed by atoms with Gasteiger partial charge in [0, 0.05) is 23.9 Å². The van der Waals surface area contributed by atoms with Gasteiger partial charge in [0.05, 0.1) is 10.8 Å². The Morgan fingerprint density at radius 3 is 2.03 bits per heavy atom. The van der Waals surface area contributed by atoms with E-state index < -0.39 is 5.91 Å². The first-order valence-electron chi connectivity index (χ1n) is 11.6. The summed E-state index contributed by atoms with van der Waals surface area (Å²) in [7, 11) is 0. The van der Waals surface area contributed by atoms with Crippen LogP contribution in [-0.4, -0.2) is 23.6 Å². The molecule has 0 unspecified atom stereocenters. The van der Waals surface area contributed by atoms with Gasteiger partial charge in [-0.1, -0.05) is 91.0 Å². The van der Waals surface area contributed by atoms with Gasteiger partial charge in [0.15, 0.2) is 0 Å². The molecule has 0 saturated heterocycles. The number of hydrogen-bond acceptors (Lipinski definition) is 5. The zero-order valence-electron chi connectivity index (χ0n) is 19.4. The third kappa shape index (κ3) is 7.39. The van der Waals surface area contributed by atoms with Gasteiger partial charge in [-0.25, -0.2) is 0 Å². The van der Waals surface area contributed by atoms with E-state index in [4.69, 9.17) is 0 Å². The molecule has 1 N–H and O–H groups in total. The van der Waals surface area contributed by atoms with E-state index in [0.29, 0.717) is 25.3 Å². The van der Waals surface area contributed by atoms with Crippen LogP contribution in [0.1, 0.15) is 33.9 Å². The molecular formula is C29H28N2O2S2. The molecule has 0 bridgehead atoms. The fourth-order valence-corrected chi connectivity index (χ4v) is 5.91. The van der Waals surface area contributed by atoms with E-state index in [0.717, 1.165) is 27.6 Å². The Hall–Kier alpha value is -3.19. The van der Waals surface area contributed by atoms with Crippen LogP contribution in [-0.2, 0) is 22.7 Å². The second-order valence-corrected chi connectivity index (χ2v) is 10.5. The highest BCUT2D eigenvalue weighted by atomic mass is 32.2. The normalized spacial score (nSPS) is 10.9. The number of carbonyl (C=O) groups excluding carboxylic acids is 2. The number of benzene rings is 3. The second kappa shape index (κ2) is 13.0. The summed E-state index contributed by atoms with van der Waals surface area (Å²) in [6.45, 7) is 1.69. The van der Waals surface area contributed by atoms with Crippen LogP contribution in [0, 0.1) is 0 Å². The first-order valence-corrected chi connectivity index (χ1v) is 13.2. The Morgan fingerprint density at radius 2 is 1.43 bits per heavy atom. The maximum Gasteiger partial charge on any atom is 0.287 e. The van der Waals surface area contributed by atoms with Gasteiger partial charge in [-0.3, -0.25) is 14.3 Å². The molecule has 0 aliphatic rings. The predicted octanol–water partition coefficient (Wildman–Crippen LogP) is 6.29. The molecule has 1 heterocycles. The molecule has 3 aromatic carbocycles. The number of amides is 1. The minimum absolute atomic E-state index is 0.338. The van der Waals surface area contributed by atoms with Gasteiger partial charge >= 0.3 is 0 Å². The third-order valence-electron chi connectivity index (χ3n) is 5.72. The lowest BCUT2D eigenvalue weighted by Gasteiger charge is -2.19. The summed E-state index contributed by atoms with van der Waals surface area (Å²) in [6.07, 6.45) is 1.38. The van der Waals surface area contributed by atoms with Crippen LogP contribution < -0.4 is 4.72 Å². The second-order valence-electron chi connectivity index (χ2n) is 8.18. The van der Waals surface area contributed by atoms with Crippen molar-refractivity contribution in [2.75, 3.05) is 6.54 Å². The van der Waals surface area contributed by atoms with E-state index in [9.17, 15) is 9.59 Å². The largest absolute Gasteiger partial charge is 0.327 e. The summed E-state index contributed by atoms with van der Waals surface area (Å²) >= 11 is 3.26. The molecular weight excluding hydrogens is 472 g/mol. The number of rotatable bonds is 12. The van der Waals surface area contributed by atoms with Crippen molar-refractivity contribution in [1.82, 2.24) is 9.62 Å². The molecule has 4 nitrogen and oxygen atoms in total. The van der Waals surface area contributed by atoms with Gasteiger partial charge in [-0.2, -0.15) is 0 Å². The van der Waals surface area contributed by atoms with Crippen LogP contribution in [0.5, 0.6) is 0 Å². The zero-order valence-corrected chi connectivity index (χ0v) is 21.0. The number of aldehydes is 1. The van der Waals surface area contributed by atoms with Gasteiger partial charge in [0.2, 0.25) is 6.29 Å². The molecule has 0 saturated carbocycles. The monoisotopic (exact) mass is 500 g/mol. The molecule has 1 amide bonds. The van der Waals surface area contributed by atoms with E-state index in [1.165, 1.54) is 11.1 Å². The summed E-state index contributed by atoms with van der Waals surface area (Å²) in [5.41, 5.74) is 3.64. The molecule has 35 heavy (non-hydrogen) atoms. The minimum Gasteiger partial charge on any atom is -0.327 e. The summed E-state index contributed by atoms with van der Waals surface area (Å²) < 4.78 is 4.64. The van der Waals surface area contributed by atoms with Gasteiger partial charge in [-0.05, 0) is 47.2 Å². The Bertz CT molecular complexity index is 1160. The quantitative estimate of drug-likeness (QED) is 0.107. The van der Waals surface area contributed by atoms with Crippen molar-refractivity contribution in [3.8, 4) is 0 Å². The smallest absolute Gasteiger partial charge is 0.287 e. The van der Waals surface area contributed by atoms with Crippen molar-refractivity contribution >= 4 is 35.5 Å². The molecule has 4 aromatic rings. The molecule has 0 atom stereocenters. The lowest BCUT2D eigenvalue weighted by atomic mass is 9.89. The highest BCUT2D eigenvalue weighted by Crippen LogP contribution is 2.29. The van der Waals surface area contributed by atoms with Crippen molar-refractivity contribution in [3.05, 3.63) is 125 Å². The van der Waals surface area contributed by atoms with Crippen LogP contribution in [0.15, 0.2) is 107 Å². The SMILES string of the molecule is O=CC(=O)N(Cc1ccccc1)Cc1ccc(SNCCC(c2ccccc2)c2ccccc2)s1. The zero-order chi connectivity index (χ0) is 24.3.